The van der Waals surface area contributed by atoms with Crippen molar-refractivity contribution in [3.63, 3.8) is 0 Å². The van der Waals surface area contributed by atoms with E-state index in [0.717, 1.165) is 24.2 Å². The molecule has 0 N–H and O–H groups in total. The Balaban J connectivity index is 1.72. The fourth-order valence-corrected chi connectivity index (χ4v) is 3.82. The highest BCUT2D eigenvalue weighted by Crippen LogP contribution is 2.43. The molecule has 0 aromatic carbocycles. The number of carbonyl (C=O) groups is 1. The molecule has 0 spiro atoms. The summed E-state index contributed by atoms with van der Waals surface area (Å²) in [6.45, 7) is 1.73. The summed E-state index contributed by atoms with van der Waals surface area (Å²) in [5.41, 5.74) is 0. The van der Waals surface area contributed by atoms with Crippen molar-refractivity contribution in [3.8, 4) is 0 Å². The Morgan fingerprint density at radius 3 is 2.44 bits per heavy atom. The third-order valence-electron chi connectivity index (χ3n) is 4.80. The van der Waals surface area contributed by atoms with Crippen molar-refractivity contribution >= 4 is 5.78 Å². The standard InChI is InChI=1S/C15H26O/c1-12(16)7-8-13-9-10-15(11-13)14-5-3-2-4-6-14/h13-15H,2-11H2,1H3. The molecule has 2 saturated carbocycles. The van der Waals surface area contributed by atoms with E-state index in [1.165, 1.54) is 57.8 Å². The molecule has 2 unspecified atom stereocenters. The molecule has 0 aromatic heterocycles. The Morgan fingerprint density at radius 2 is 1.75 bits per heavy atom. The number of rotatable bonds is 4. The van der Waals surface area contributed by atoms with Crippen LogP contribution in [0.4, 0.5) is 0 Å². The van der Waals surface area contributed by atoms with Gasteiger partial charge in [-0.15, -0.1) is 0 Å². The fourth-order valence-electron chi connectivity index (χ4n) is 3.82. The molecule has 2 aliphatic carbocycles. The predicted octanol–water partition coefficient (Wildman–Crippen LogP) is 4.35. The lowest BCUT2D eigenvalue weighted by atomic mass is 9.79. The first-order valence-corrected chi connectivity index (χ1v) is 7.25. The van der Waals surface area contributed by atoms with Crippen molar-refractivity contribution < 1.29 is 4.79 Å². The Kier molecular flexibility index (Phi) is 4.43. The summed E-state index contributed by atoms with van der Waals surface area (Å²) in [7, 11) is 0. The molecule has 0 aromatic rings. The van der Waals surface area contributed by atoms with E-state index in [1.807, 2.05) is 0 Å². The van der Waals surface area contributed by atoms with Crippen LogP contribution in [-0.2, 0) is 4.79 Å². The molecule has 1 nitrogen and oxygen atoms in total. The van der Waals surface area contributed by atoms with Crippen molar-refractivity contribution in [3.05, 3.63) is 0 Å². The third kappa shape index (κ3) is 3.33. The average molecular weight is 222 g/mol. The van der Waals surface area contributed by atoms with E-state index in [0.29, 0.717) is 5.78 Å². The lowest BCUT2D eigenvalue weighted by molar-refractivity contribution is -0.117. The second kappa shape index (κ2) is 5.84. The molecular formula is C15H26O. The summed E-state index contributed by atoms with van der Waals surface area (Å²) in [5.74, 6) is 3.30. The van der Waals surface area contributed by atoms with Gasteiger partial charge in [-0.25, -0.2) is 0 Å². The SMILES string of the molecule is CC(=O)CCC1CCC(C2CCCCC2)C1. The van der Waals surface area contributed by atoms with Crippen molar-refractivity contribution in [1.29, 1.82) is 0 Å². The molecule has 0 aliphatic heterocycles. The van der Waals surface area contributed by atoms with Gasteiger partial charge in [0.25, 0.3) is 0 Å². The highest BCUT2D eigenvalue weighted by Gasteiger charge is 2.31. The monoisotopic (exact) mass is 222 g/mol. The van der Waals surface area contributed by atoms with Gasteiger partial charge in [0, 0.05) is 6.42 Å². The van der Waals surface area contributed by atoms with Gasteiger partial charge in [-0.3, -0.25) is 0 Å². The zero-order valence-electron chi connectivity index (χ0n) is 10.7. The third-order valence-corrected chi connectivity index (χ3v) is 4.80. The van der Waals surface area contributed by atoms with Gasteiger partial charge in [-0.1, -0.05) is 38.5 Å². The van der Waals surface area contributed by atoms with Crippen LogP contribution in [0.5, 0.6) is 0 Å². The second-order valence-corrected chi connectivity index (χ2v) is 6.08. The number of carbonyl (C=O) groups excluding carboxylic acids is 1. The molecule has 1 heteroatoms. The summed E-state index contributed by atoms with van der Waals surface area (Å²) in [6.07, 6.45) is 13.7. The van der Waals surface area contributed by atoms with Crippen LogP contribution in [0.1, 0.15) is 71.1 Å². The van der Waals surface area contributed by atoms with E-state index in [9.17, 15) is 4.79 Å². The molecular weight excluding hydrogens is 196 g/mol. The molecule has 0 heterocycles. The van der Waals surface area contributed by atoms with Crippen LogP contribution in [0, 0.1) is 17.8 Å². The number of ketones is 1. The highest BCUT2D eigenvalue weighted by atomic mass is 16.1. The molecule has 16 heavy (non-hydrogen) atoms. The summed E-state index contributed by atoms with van der Waals surface area (Å²) < 4.78 is 0. The van der Waals surface area contributed by atoms with E-state index in [2.05, 4.69) is 0 Å². The van der Waals surface area contributed by atoms with Gasteiger partial charge in [0.1, 0.15) is 5.78 Å². The number of Topliss-reactive ketones (excluding diaryl/α,β-unsaturated/α-hetero) is 1. The van der Waals surface area contributed by atoms with Crippen molar-refractivity contribution in [1.82, 2.24) is 0 Å². The molecule has 2 atom stereocenters. The maximum Gasteiger partial charge on any atom is 0.129 e. The minimum Gasteiger partial charge on any atom is -0.300 e. The summed E-state index contributed by atoms with van der Waals surface area (Å²) >= 11 is 0. The molecule has 0 radical (unpaired) electrons. The Hall–Kier alpha value is -0.330. The van der Waals surface area contributed by atoms with Crippen LogP contribution >= 0.6 is 0 Å². The maximum absolute atomic E-state index is 11.0. The van der Waals surface area contributed by atoms with E-state index >= 15 is 0 Å². The van der Waals surface area contributed by atoms with Crippen LogP contribution in [0.2, 0.25) is 0 Å². The van der Waals surface area contributed by atoms with Crippen LogP contribution in [0.3, 0.4) is 0 Å². The lowest BCUT2D eigenvalue weighted by Crippen LogP contribution is -2.15. The largest absolute Gasteiger partial charge is 0.300 e. The van der Waals surface area contributed by atoms with Gasteiger partial charge in [0.05, 0.1) is 0 Å². The summed E-state index contributed by atoms with van der Waals surface area (Å²) in [5, 5.41) is 0. The van der Waals surface area contributed by atoms with Crippen LogP contribution in [0.15, 0.2) is 0 Å². The Bertz CT molecular complexity index is 228. The zero-order chi connectivity index (χ0) is 11.4. The molecule has 0 amide bonds. The zero-order valence-corrected chi connectivity index (χ0v) is 10.7. The maximum atomic E-state index is 11.0. The summed E-state index contributed by atoms with van der Waals surface area (Å²) in [4.78, 5) is 11.0. The first-order chi connectivity index (χ1) is 7.75. The quantitative estimate of drug-likeness (QED) is 0.691. The van der Waals surface area contributed by atoms with Gasteiger partial charge in [-0.05, 0) is 43.9 Å². The first-order valence-electron chi connectivity index (χ1n) is 7.25. The van der Waals surface area contributed by atoms with E-state index in [4.69, 9.17) is 0 Å². The molecule has 0 saturated heterocycles. The average Bonchev–Trinajstić information content (AvgIpc) is 2.76. The van der Waals surface area contributed by atoms with E-state index in [1.54, 1.807) is 6.92 Å². The van der Waals surface area contributed by atoms with Gasteiger partial charge in [0.2, 0.25) is 0 Å². The Morgan fingerprint density at radius 1 is 1.00 bits per heavy atom. The van der Waals surface area contributed by atoms with Crippen molar-refractivity contribution in [2.75, 3.05) is 0 Å². The summed E-state index contributed by atoms with van der Waals surface area (Å²) in [6, 6.07) is 0. The smallest absolute Gasteiger partial charge is 0.129 e. The van der Waals surface area contributed by atoms with E-state index in [-0.39, 0.29) is 0 Å². The lowest BCUT2D eigenvalue weighted by Gasteiger charge is -2.27. The topological polar surface area (TPSA) is 17.1 Å². The minimum atomic E-state index is 0.376. The molecule has 2 aliphatic rings. The van der Waals surface area contributed by atoms with Crippen molar-refractivity contribution in [2.24, 2.45) is 17.8 Å². The van der Waals surface area contributed by atoms with Gasteiger partial charge in [-0.2, -0.15) is 0 Å². The minimum absolute atomic E-state index is 0.376. The van der Waals surface area contributed by atoms with E-state index < -0.39 is 0 Å². The van der Waals surface area contributed by atoms with Crippen LogP contribution in [-0.4, -0.2) is 5.78 Å². The van der Waals surface area contributed by atoms with Crippen LogP contribution in [0.25, 0.3) is 0 Å². The van der Waals surface area contributed by atoms with Gasteiger partial charge >= 0.3 is 0 Å². The highest BCUT2D eigenvalue weighted by molar-refractivity contribution is 5.75. The van der Waals surface area contributed by atoms with Gasteiger partial charge in [0.15, 0.2) is 0 Å². The van der Waals surface area contributed by atoms with Crippen LogP contribution < -0.4 is 0 Å². The molecule has 92 valence electrons. The number of hydrogen-bond acceptors (Lipinski definition) is 1. The molecule has 2 rings (SSSR count). The van der Waals surface area contributed by atoms with Crippen molar-refractivity contribution in [2.45, 2.75) is 71.1 Å². The second-order valence-electron chi connectivity index (χ2n) is 6.08. The molecule has 0 bridgehead atoms. The fraction of sp³-hybridized carbons (Fsp3) is 0.933. The Labute approximate surface area is 100.0 Å². The predicted molar refractivity (Wildman–Crippen MR) is 67.3 cm³/mol. The molecule has 2 fully saturated rings. The number of hydrogen-bond donors (Lipinski definition) is 0. The van der Waals surface area contributed by atoms with Gasteiger partial charge < -0.3 is 4.79 Å². The first kappa shape index (κ1) is 12.1. The normalized spacial score (nSPS) is 31.8.